The predicted octanol–water partition coefficient (Wildman–Crippen LogP) is 0.818. The molecule has 0 aromatic heterocycles. The molecule has 0 radical (unpaired) electrons. The Morgan fingerprint density at radius 1 is 1.10 bits per heavy atom. The van der Waals surface area contributed by atoms with Gasteiger partial charge < -0.3 is 15.5 Å². The standard InChI is InChI=1S/C13H16N2O5S/c1-21-10-5-3-2-4-9(10)14-11(16)6-15(7-12(17)18)8-13(19)20/h2-5H,6-8H2,1H3,(H,14,16)(H,17,18)(H,19,20). The van der Waals surface area contributed by atoms with Crippen LogP contribution in [0.25, 0.3) is 0 Å². The lowest BCUT2D eigenvalue weighted by Gasteiger charge is -2.17. The molecule has 0 aliphatic rings. The number of carbonyl (C=O) groups excluding carboxylic acids is 1. The molecular weight excluding hydrogens is 296 g/mol. The maximum atomic E-state index is 11.9. The van der Waals surface area contributed by atoms with Gasteiger partial charge >= 0.3 is 11.9 Å². The van der Waals surface area contributed by atoms with E-state index in [0.717, 1.165) is 9.80 Å². The summed E-state index contributed by atoms with van der Waals surface area (Å²) in [6, 6.07) is 7.17. The molecule has 8 heteroatoms. The van der Waals surface area contributed by atoms with Gasteiger partial charge in [-0.05, 0) is 18.4 Å². The van der Waals surface area contributed by atoms with Gasteiger partial charge in [0.1, 0.15) is 0 Å². The number of hydrogen-bond donors (Lipinski definition) is 3. The van der Waals surface area contributed by atoms with Crippen LogP contribution in [0.1, 0.15) is 0 Å². The van der Waals surface area contributed by atoms with Crippen molar-refractivity contribution in [2.24, 2.45) is 0 Å². The molecule has 0 heterocycles. The monoisotopic (exact) mass is 312 g/mol. The summed E-state index contributed by atoms with van der Waals surface area (Å²) in [4.78, 5) is 35.1. The van der Waals surface area contributed by atoms with Crippen LogP contribution in [-0.4, -0.2) is 58.8 Å². The zero-order chi connectivity index (χ0) is 15.8. The molecular formula is C13H16N2O5S. The van der Waals surface area contributed by atoms with E-state index < -0.39 is 30.9 Å². The number of thioether (sulfide) groups is 1. The highest BCUT2D eigenvalue weighted by Crippen LogP contribution is 2.24. The van der Waals surface area contributed by atoms with Crippen LogP contribution in [0.2, 0.25) is 0 Å². The zero-order valence-electron chi connectivity index (χ0n) is 11.4. The molecule has 0 fully saturated rings. The summed E-state index contributed by atoms with van der Waals surface area (Å²) < 4.78 is 0. The topological polar surface area (TPSA) is 107 Å². The Bertz CT molecular complexity index is 519. The quantitative estimate of drug-likeness (QED) is 0.610. The average Bonchev–Trinajstić information content (AvgIpc) is 2.37. The highest BCUT2D eigenvalue weighted by Gasteiger charge is 2.17. The van der Waals surface area contributed by atoms with Gasteiger partial charge in [-0.1, -0.05) is 12.1 Å². The first-order valence-corrected chi connectivity index (χ1v) is 7.23. The fourth-order valence-corrected chi connectivity index (χ4v) is 2.24. The molecule has 0 unspecified atom stereocenters. The predicted molar refractivity (Wildman–Crippen MR) is 78.6 cm³/mol. The summed E-state index contributed by atoms with van der Waals surface area (Å²) >= 11 is 1.46. The molecule has 1 rings (SSSR count). The first-order chi connectivity index (χ1) is 9.92. The zero-order valence-corrected chi connectivity index (χ0v) is 12.2. The molecule has 1 amide bonds. The molecule has 3 N–H and O–H groups in total. The first kappa shape index (κ1) is 17.0. The van der Waals surface area contributed by atoms with E-state index in [-0.39, 0.29) is 6.54 Å². The number of rotatable bonds is 8. The van der Waals surface area contributed by atoms with Crippen LogP contribution in [-0.2, 0) is 14.4 Å². The van der Waals surface area contributed by atoms with E-state index in [1.807, 2.05) is 18.4 Å². The third kappa shape index (κ3) is 6.28. The SMILES string of the molecule is CSc1ccccc1NC(=O)CN(CC(=O)O)CC(=O)O. The van der Waals surface area contributed by atoms with Crippen LogP contribution in [0.5, 0.6) is 0 Å². The van der Waals surface area contributed by atoms with E-state index in [1.54, 1.807) is 12.1 Å². The van der Waals surface area contributed by atoms with Gasteiger partial charge in [0.25, 0.3) is 0 Å². The number of aliphatic carboxylic acids is 2. The Kier molecular flexibility index (Phi) is 6.70. The number of nitrogens with one attached hydrogen (secondary N) is 1. The minimum Gasteiger partial charge on any atom is -0.480 e. The van der Waals surface area contributed by atoms with Crippen molar-refractivity contribution in [2.45, 2.75) is 4.90 Å². The number of carboxylic acids is 2. The number of hydrogen-bond acceptors (Lipinski definition) is 5. The number of nitrogens with zero attached hydrogens (tertiary/aromatic N) is 1. The number of amides is 1. The van der Waals surface area contributed by atoms with Crippen LogP contribution < -0.4 is 5.32 Å². The number of para-hydroxylation sites is 1. The second-order valence-corrected chi connectivity index (χ2v) is 5.03. The lowest BCUT2D eigenvalue weighted by Crippen LogP contribution is -2.40. The summed E-state index contributed by atoms with van der Waals surface area (Å²) in [6.45, 7) is -1.32. The average molecular weight is 312 g/mol. The van der Waals surface area contributed by atoms with Crippen molar-refractivity contribution >= 4 is 35.3 Å². The Morgan fingerprint density at radius 2 is 1.67 bits per heavy atom. The Balaban J connectivity index is 2.68. The fourth-order valence-electron chi connectivity index (χ4n) is 1.69. The van der Waals surface area contributed by atoms with Gasteiger partial charge in [-0.3, -0.25) is 19.3 Å². The van der Waals surface area contributed by atoms with Gasteiger partial charge in [0.2, 0.25) is 5.91 Å². The maximum Gasteiger partial charge on any atom is 0.317 e. The van der Waals surface area contributed by atoms with Gasteiger partial charge in [-0.25, -0.2) is 0 Å². The number of anilines is 1. The second-order valence-electron chi connectivity index (χ2n) is 4.18. The molecule has 1 aromatic rings. The normalized spacial score (nSPS) is 10.4. The minimum atomic E-state index is -1.19. The Labute approximate surface area is 125 Å². The van der Waals surface area contributed by atoms with E-state index in [9.17, 15) is 14.4 Å². The molecule has 21 heavy (non-hydrogen) atoms. The van der Waals surface area contributed by atoms with Crippen LogP contribution in [0.3, 0.4) is 0 Å². The number of benzene rings is 1. The van der Waals surface area contributed by atoms with Crippen molar-refractivity contribution in [2.75, 3.05) is 31.2 Å². The van der Waals surface area contributed by atoms with Crippen LogP contribution in [0.4, 0.5) is 5.69 Å². The first-order valence-electron chi connectivity index (χ1n) is 6.01. The molecule has 0 atom stereocenters. The molecule has 0 spiro atoms. The van der Waals surface area contributed by atoms with Gasteiger partial charge in [-0.15, -0.1) is 11.8 Å². The van der Waals surface area contributed by atoms with Crippen molar-refractivity contribution < 1.29 is 24.6 Å². The highest BCUT2D eigenvalue weighted by atomic mass is 32.2. The summed E-state index contributed by atoms with van der Waals surface area (Å²) in [5.41, 5.74) is 0.612. The van der Waals surface area contributed by atoms with Crippen LogP contribution in [0.15, 0.2) is 29.2 Å². The van der Waals surface area contributed by atoms with Crippen molar-refractivity contribution in [1.29, 1.82) is 0 Å². The Morgan fingerprint density at radius 3 is 2.19 bits per heavy atom. The van der Waals surface area contributed by atoms with Gasteiger partial charge in [0.05, 0.1) is 25.3 Å². The maximum absolute atomic E-state index is 11.9. The third-order valence-electron chi connectivity index (χ3n) is 2.47. The van der Waals surface area contributed by atoms with E-state index in [0.29, 0.717) is 5.69 Å². The highest BCUT2D eigenvalue weighted by molar-refractivity contribution is 7.98. The minimum absolute atomic E-state index is 0.304. The van der Waals surface area contributed by atoms with Crippen molar-refractivity contribution in [1.82, 2.24) is 4.90 Å². The fraction of sp³-hybridized carbons (Fsp3) is 0.308. The Hall–Kier alpha value is -2.06. The van der Waals surface area contributed by atoms with Crippen molar-refractivity contribution in [3.05, 3.63) is 24.3 Å². The molecule has 1 aromatic carbocycles. The second kappa shape index (κ2) is 8.28. The van der Waals surface area contributed by atoms with Crippen LogP contribution >= 0.6 is 11.8 Å². The molecule has 0 saturated carbocycles. The van der Waals surface area contributed by atoms with E-state index in [2.05, 4.69) is 5.32 Å². The lowest BCUT2D eigenvalue weighted by atomic mass is 10.3. The third-order valence-corrected chi connectivity index (χ3v) is 3.26. The lowest BCUT2D eigenvalue weighted by molar-refractivity contribution is -0.142. The molecule has 0 bridgehead atoms. The van der Waals surface area contributed by atoms with E-state index in [1.165, 1.54) is 11.8 Å². The summed E-state index contributed by atoms with van der Waals surface area (Å²) in [5.74, 6) is -2.83. The van der Waals surface area contributed by atoms with Gasteiger partial charge in [-0.2, -0.15) is 0 Å². The molecule has 0 aliphatic carbocycles. The summed E-state index contributed by atoms with van der Waals surface area (Å²) in [7, 11) is 0. The number of carbonyl (C=O) groups is 3. The summed E-state index contributed by atoms with van der Waals surface area (Å²) in [6.07, 6.45) is 1.87. The van der Waals surface area contributed by atoms with Gasteiger partial charge in [0, 0.05) is 4.90 Å². The summed E-state index contributed by atoms with van der Waals surface area (Å²) in [5, 5.41) is 20.1. The largest absolute Gasteiger partial charge is 0.480 e. The van der Waals surface area contributed by atoms with Gasteiger partial charge in [0.15, 0.2) is 0 Å². The molecule has 0 saturated heterocycles. The molecule has 7 nitrogen and oxygen atoms in total. The molecule has 0 aliphatic heterocycles. The van der Waals surface area contributed by atoms with Crippen molar-refractivity contribution in [3.8, 4) is 0 Å². The van der Waals surface area contributed by atoms with E-state index in [4.69, 9.17) is 10.2 Å². The van der Waals surface area contributed by atoms with E-state index >= 15 is 0 Å². The molecule has 114 valence electrons. The number of carboxylic acid groups (broad SMARTS) is 2. The smallest absolute Gasteiger partial charge is 0.317 e. The van der Waals surface area contributed by atoms with Crippen molar-refractivity contribution in [3.63, 3.8) is 0 Å². The van der Waals surface area contributed by atoms with Crippen LogP contribution in [0, 0.1) is 0 Å².